The minimum Gasteiger partial charge on any atom is -0.389 e. The summed E-state index contributed by atoms with van der Waals surface area (Å²) in [6, 6.07) is 6.37. The molecule has 0 atom stereocenters. The Hall–Kier alpha value is -0.980. The van der Waals surface area contributed by atoms with Crippen molar-refractivity contribution < 1.29 is 8.42 Å². The number of benzene rings is 1. The van der Waals surface area contributed by atoms with Gasteiger partial charge < -0.3 is 5.73 Å². The molecule has 0 unspecified atom stereocenters. The molecule has 0 saturated carbocycles. The largest absolute Gasteiger partial charge is 0.389 e. The maximum absolute atomic E-state index is 12.4. The molecule has 0 amide bonds. The van der Waals surface area contributed by atoms with Gasteiger partial charge in [-0.3, -0.25) is 0 Å². The van der Waals surface area contributed by atoms with Crippen molar-refractivity contribution in [3.63, 3.8) is 0 Å². The number of thiocarbonyl (C=S) groups is 1. The molecule has 2 N–H and O–H groups in total. The average Bonchev–Trinajstić information content (AvgIpc) is 2.35. The van der Waals surface area contributed by atoms with Gasteiger partial charge in [0.15, 0.2) is 0 Å². The van der Waals surface area contributed by atoms with E-state index < -0.39 is 10.0 Å². The van der Waals surface area contributed by atoms with E-state index >= 15 is 0 Å². The second kappa shape index (κ2) is 6.45. The van der Waals surface area contributed by atoms with Crippen molar-refractivity contribution >= 4 is 27.2 Å². The first-order chi connectivity index (χ1) is 8.78. The standard InChI is InChI=1S/C13H20N2O2S2/c1-4-15(9-10(2)3)19(16,17)12-7-5-11(6-8-12)13(14)18/h5-8,10H,4,9H2,1-3H3,(H2,14,18). The SMILES string of the molecule is CCN(CC(C)C)S(=O)(=O)c1ccc(C(N)=S)cc1. The lowest BCUT2D eigenvalue weighted by molar-refractivity contribution is 0.381. The molecule has 0 heterocycles. The summed E-state index contributed by atoms with van der Waals surface area (Å²) in [5.41, 5.74) is 6.16. The summed E-state index contributed by atoms with van der Waals surface area (Å²) in [6.45, 7) is 6.79. The lowest BCUT2D eigenvalue weighted by Gasteiger charge is -2.22. The van der Waals surface area contributed by atoms with Crippen LogP contribution in [0, 0.1) is 5.92 Å². The van der Waals surface area contributed by atoms with E-state index in [1.807, 2.05) is 20.8 Å². The maximum atomic E-state index is 12.4. The second-order valence-electron chi connectivity index (χ2n) is 4.74. The molecule has 0 bridgehead atoms. The van der Waals surface area contributed by atoms with Crippen LogP contribution in [0.25, 0.3) is 0 Å². The van der Waals surface area contributed by atoms with Gasteiger partial charge in [-0.1, -0.05) is 45.1 Å². The molecule has 6 heteroatoms. The summed E-state index contributed by atoms with van der Waals surface area (Å²) >= 11 is 4.85. The van der Waals surface area contributed by atoms with Gasteiger partial charge in [0, 0.05) is 18.7 Å². The molecule has 0 radical (unpaired) electrons. The van der Waals surface area contributed by atoms with Crippen LogP contribution in [0.15, 0.2) is 29.2 Å². The zero-order valence-corrected chi connectivity index (χ0v) is 13.1. The number of nitrogens with zero attached hydrogens (tertiary/aromatic N) is 1. The van der Waals surface area contributed by atoms with Gasteiger partial charge in [0.05, 0.1) is 4.90 Å². The highest BCUT2D eigenvalue weighted by molar-refractivity contribution is 7.89. The Morgan fingerprint density at radius 2 is 1.84 bits per heavy atom. The molecule has 1 aromatic carbocycles. The maximum Gasteiger partial charge on any atom is 0.243 e. The van der Waals surface area contributed by atoms with Crippen LogP contribution >= 0.6 is 12.2 Å². The van der Waals surface area contributed by atoms with E-state index in [9.17, 15) is 8.42 Å². The summed E-state index contributed by atoms with van der Waals surface area (Å²) in [5.74, 6) is 0.283. The fourth-order valence-corrected chi connectivity index (χ4v) is 3.49. The normalized spacial score (nSPS) is 12.1. The van der Waals surface area contributed by atoms with Crippen LogP contribution in [-0.4, -0.2) is 30.8 Å². The molecule has 19 heavy (non-hydrogen) atoms. The summed E-state index contributed by atoms with van der Waals surface area (Å²) in [6.07, 6.45) is 0. The molecule has 0 spiro atoms. The lowest BCUT2D eigenvalue weighted by Crippen LogP contribution is -2.34. The molecule has 4 nitrogen and oxygen atoms in total. The molecule has 0 aliphatic rings. The fourth-order valence-electron chi connectivity index (χ4n) is 1.74. The van der Waals surface area contributed by atoms with Crippen LogP contribution in [-0.2, 0) is 10.0 Å². The number of rotatable bonds is 6. The molecule has 0 aliphatic heterocycles. The predicted octanol–water partition coefficient (Wildman–Crippen LogP) is 1.99. The van der Waals surface area contributed by atoms with Gasteiger partial charge >= 0.3 is 0 Å². The van der Waals surface area contributed by atoms with Crippen molar-refractivity contribution in [2.75, 3.05) is 13.1 Å². The summed E-state index contributed by atoms with van der Waals surface area (Å²) < 4.78 is 26.4. The van der Waals surface area contributed by atoms with Gasteiger partial charge in [-0.2, -0.15) is 4.31 Å². The van der Waals surface area contributed by atoms with Crippen LogP contribution in [0.3, 0.4) is 0 Å². The minimum atomic E-state index is -3.44. The number of sulfonamides is 1. The van der Waals surface area contributed by atoms with E-state index in [0.29, 0.717) is 18.7 Å². The highest BCUT2D eigenvalue weighted by Gasteiger charge is 2.23. The van der Waals surface area contributed by atoms with Gasteiger partial charge in [0.25, 0.3) is 0 Å². The van der Waals surface area contributed by atoms with Gasteiger partial charge in [-0.25, -0.2) is 8.42 Å². The van der Waals surface area contributed by atoms with Gasteiger partial charge in [0.2, 0.25) is 10.0 Å². The Bertz CT molecular complexity index is 536. The van der Waals surface area contributed by atoms with Crippen LogP contribution in [0.5, 0.6) is 0 Å². The molecule has 0 aliphatic carbocycles. The van der Waals surface area contributed by atoms with Crippen LogP contribution < -0.4 is 5.73 Å². The van der Waals surface area contributed by atoms with Crippen LogP contribution in [0.2, 0.25) is 0 Å². The second-order valence-corrected chi connectivity index (χ2v) is 7.12. The van der Waals surface area contributed by atoms with E-state index in [-0.39, 0.29) is 15.8 Å². The third-order valence-electron chi connectivity index (χ3n) is 2.70. The van der Waals surface area contributed by atoms with E-state index in [1.54, 1.807) is 24.3 Å². The van der Waals surface area contributed by atoms with Gasteiger partial charge in [-0.15, -0.1) is 0 Å². The first-order valence-corrected chi connectivity index (χ1v) is 8.04. The Balaban J connectivity index is 3.08. The first-order valence-electron chi connectivity index (χ1n) is 6.19. The smallest absolute Gasteiger partial charge is 0.243 e. The molecule has 0 aromatic heterocycles. The van der Waals surface area contributed by atoms with E-state index in [2.05, 4.69) is 0 Å². The zero-order valence-electron chi connectivity index (χ0n) is 11.5. The van der Waals surface area contributed by atoms with E-state index in [4.69, 9.17) is 18.0 Å². The Morgan fingerprint density at radius 3 is 2.21 bits per heavy atom. The number of nitrogens with two attached hydrogens (primary N) is 1. The average molecular weight is 300 g/mol. The number of hydrogen-bond donors (Lipinski definition) is 1. The monoisotopic (exact) mass is 300 g/mol. The van der Waals surface area contributed by atoms with Crippen molar-refractivity contribution in [3.8, 4) is 0 Å². The topological polar surface area (TPSA) is 63.4 Å². The fraction of sp³-hybridized carbons (Fsp3) is 0.462. The molecule has 0 fully saturated rings. The van der Waals surface area contributed by atoms with Crippen LogP contribution in [0.1, 0.15) is 26.3 Å². The molecule has 1 rings (SSSR count). The van der Waals surface area contributed by atoms with E-state index in [0.717, 1.165) is 0 Å². The molecular formula is C13H20N2O2S2. The van der Waals surface area contributed by atoms with Gasteiger partial charge in [-0.05, 0) is 18.1 Å². The zero-order chi connectivity index (χ0) is 14.6. The number of hydrogen-bond acceptors (Lipinski definition) is 3. The van der Waals surface area contributed by atoms with Crippen molar-refractivity contribution in [2.24, 2.45) is 11.7 Å². The third-order valence-corrected chi connectivity index (χ3v) is 4.89. The minimum absolute atomic E-state index is 0.262. The van der Waals surface area contributed by atoms with Gasteiger partial charge in [0.1, 0.15) is 4.99 Å². The lowest BCUT2D eigenvalue weighted by atomic mass is 10.2. The predicted molar refractivity (Wildman–Crippen MR) is 81.6 cm³/mol. The first kappa shape index (κ1) is 16.1. The molecule has 1 aromatic rings. The summed E-state index contributed by atoms with van der Waals surface area (Å²) in [5, 5.41) is 0. The van der Waals surface area contributed by atoms with E-state index in [1.165, 1.54) is 4.31 Å². The Morgan fingerprint density at radius 1 is 1.32 bits per heavy atom. The van der Waals surface area contributed by atoms with Crippen molar-refractivity contribution in [3.05, 3.63) is 29.8 Å². The third kappa shape index (κ3) is 3.99. The highest BCUT2D eigenvalue weighted by atomic mass is 32.2. The Kier molecular flexibility index (Phi) is 5.46. The summed E-state index contributed by atoms with van der Waals surface area (Å²) in [4.78, 5) is 0.536. The summed E-state index contributed by atoms with van der Waals surface area (Å²) in [7, 11) is -3.44. The van der Waals surface area contributed by atoms with Crippen molar-refractivity contribution in [1.29, 1.82) is 0 Å². The van der Waals surface area contributed by atoms with Crippen molar-refractivity contribution in [1.82, 2.24) is 4.31 Å². The quantitative estimate of drug-likeness (QED) is 0.816. The molecule has 106 valence electrons. The molecule has 0 saturated heterocycles. The van der Waals surface area contributed by atoms with Crippen molar-refractivity contribution in [2.45, 2.75) is 25.7 Å². The van der Waals surface area contributed by atoms with Crippen LogP contribution in [0.4, 0.5) is 0 Å². The molecular weight excluding hydrogens is 280 g/mol. The highest BCUT2D eigenvalue weighted by Crippen LogP contribution is 2.17. The Labute approximate surface area is 120 Å².